The fourth-order valence-electron chi connectivity index (χ4n) is 1.54. The Kier molecular flexibility index (Phi) is 4.94. The number of aromatic hydroxyl groups is 1. The van der Waals surface area contributed by atoms with Gasteiger partial charge in [-0.2, -0.15) is 0 Å². The first-order valence-electron chi connectivity index (χ1n) is 5.74. The number of phenols is 1. The summed E-state index contributed by atoms with van der Waals surface area (Å²) in [6, 6.07) is 5.62. The van der Waals surface area contributed by atoms with Gasteiger partial charge in [0.15, 0.2) is 0 Å². The summed E-state index contributed by atoms with van der Waals surface area (Å²) in [4.78, 5) is 0. The Morgan fingerprint density at radius 3 is 2.50 bits per heavy atom. The van der Waals surface area contributed by atoms with Gasteiger partial charge in [0.1, 0.15) is 5.75 Å². The molecule has 90 valence electrons. The summed E-state index contributed by atoms with van der Waals surface area (Å²) >= 11 is 5.83. The fourth-order valence-corrected chi connectivity index (χ4v) is 1.72. The van der Waals surface area contributed by atoms with E-state index in [4.69, 9.17) is 11.6 Å². The van der Waals surface area contributed by atoms with Crippen LogP contribution in [0.4, 0.5) is 5.69 Å². The summed E-state index contributed by atoms with van der Waals surface area (Å²) in [5.74, 6) is 0.856. The van der Waals surface area contributed by atoms with Crippen LogP contribution in [0.5, 0.6) is 5.75 Å². The first-order chi connectivity index (χ1) is 7.49. The van der Waals surface area contributed by atoms with Crippen LogP contribution >= 0.6 is 11.6 Å². The number of hydrogen-bond acceptors (Lipinski definition) is 2. The van der Waals surface area contributed by atoms with Crippen LogP contribution in [0.3, 0.4) is 0 Å². The van der Waals surface area contributed by atoms with E-state index in [1.54, 1.807) is 12.1 Å². The molecule has 2 nitrogen and oxygen atoms in total. The molecule has 0 spiro atoms. The van der Waals surface area contributed by atoms with Gasteiger partial charge in [0.05, 0.1) is 5.02 Å². The highest BCUT2D eigenvalue weighted by atomic mass is 35.5. The van der Waals surface area contributed by atoms with Crippen molar-refractivity contribution in [3.63, 3.8) is 0 Å². The Morgan fingerprint density at radius 2 is 1.94 bits per heavy atom. The fraction of sp³-hybridized carbons (Fsp3) is 0.538. The lowest BCUT2D eigenvalue weighted by Crippen LogP contribution is -2.15. The highest BCUT2D eigenvalue weighted by Crippen LogP contribution is 2.26. The van der Waals surface area contributed by atoms with Crippen LogP contribution in [-0.2, 0) is 0 Å². The molecule has 0 aliphatic heterocycles. The largest absolute Gasteiger partial charge is 0.506 e. The van der Waals surface area contributed by atoms with E-state index < -0.39 is 0 Å². The Balaban J connectivity index is 2.49. The smallest absolute Gasteiger partial charge is 0.134 e. The number of anilines is 1. The topological polar surface area (TPSA) is 32.3 Å². The van der Waals surface area contributed by atoms with Gasteiger partial charge in [-0.3, -0.25) is 0 Å². The molecule has 0 bridgehead atoms. The second kappa shape index (κ2) is 6.00. The second-order valence-corrected chi connectivity index (χ2v) is 5.09. The molecule has 0 saturated carbocycles. The third kappa shape index (κ3) is 4.31. The molecule has 0 saturated heterocycles. The van der Waals surface area contributed by atoms with E-state index in [1.807, 2.05) is 6.07 Å². The van der Waals surface area contributed by atoms with Crippen molar-refractivity contribution in [1.29, 1.82) is 0 Å². The van der Waals surface area contributed by atoms with Crippen LogP contribution in [0.25, 0.3) is 0 Å². The van der Waals surface area contributed by atoms with Crippen LogP contribution in [0.15, 0.2) is 18.2 Å². The summed E-state index contributed by atoms with van der Waals surface area (Å²) in [6.45, 7) is 6.61. The maximum absolute atomic E-state index is 9.29. The number of phenolic OH excluding ortho intramolecular Hbond substituents is 1. The molecule has 1 rings (SSSR count). The lowest BCUT2D eigenvalue weighted by atomic mass is 10.0. The van der Waals surface area contributed by atoms with E-state index in [1.165, 1.54) is 6.42 Å². The lowest BCUT2D eigenvalue weighted by molar-refractivity contribution is 0.475. The van der Waals surface area contributed by atoms with Gasteiger partial charge in [-0.05, 0) is 43.9 Å². The van der Waals surface area contributed by atoms with Gasteiger partial charge in [0, 0.05) is 11.7 Å². The molecule has 0 fully saturated rings. The number of benzene rings is 1. The van der Waals surface area contributed by atoms with Gasteiger partial charge in [-0.25, -0.2) is 0 Å². The van der Waals surface area contributed by atoms with Crippen molar-refractivity contribution in [3.05, 3.63) is 23.2 Å². The molecule has 2 N–H and O–H groups in total. The average Bonchev–Trinajstić information content (AvgIpc) is 2.21. The predicted octanol–water partition coefficient (Wildman–Crippen LogP) is 4.28. The van der Waals surface area contributed by atoms with Crippen LogP contribution < -0.4 is 5.32 Å². The standard InChI is InChI=1S/C13H20ClNO/c1-9(2)4-5-10(3)15-11-6-7-13(16)12(14)8-11/h6-10,15-16H,4-5H2,1-3H3. The summed E-state index contributed by atoms with van der Waals surface area (Å²) in [7, 11) is 0. The highest BCUT2D eigenvalue weighted by molar-refractivity contribution is 6.32. The van der Waals surface area contributed by atoms with Crippen LogP contribution in [0.2, 0.25) is 5.02 Å². The van der Waals surface area contributed by atoms with E-state index >= 15 is 0 Å². The Morgan fingerprint density at radius 1 is 1.25 bits per heavy atom. The molecule has 0 amide bonds. The van der Waals surface area contributed by atoms with Crippen LogP contribution in [0, 0.1) is 5.92 Å². The molecule has 0 heterocycles. The highest BCUT2D eigenvalue weighted by Gasteiger charge is 2.05. The number of hydrogen-bond donors (Lipinski definition) is 2. The predicted molar refractivity (Wildman–Crippen MR) is 70.3 cm³/mol. The minimum absolute atomic E-state index is 0.127. The molecular formula is C13H20ClNO. The molecule has 1 atom stereocenters. The minimum atomic E-state index is 0.127. The number of rotatable bonds is 5. The van der Waals surface area contributed by atoms with E-state index in [0.717, 1.165) is 18.0 Å². The van der Waals surface area contributed by atoms with Crippen molar-refractivity contribution < 1.29 is 5.11 Å². The summed E-state index contributed by atoms with van der Waals surface area (Å²) in [6.07, 6.45) is 2.34. The number of nitrogens with one attached hydrogen (secondary N) is 1. The minimum Gasteiger partial charge on any atom is -0.506 e. The maximum atomic E-state index is 9.29. The lowest BCUT2D eigenvalue weighted by Gasteiger charge is -2.16. The number of halogens is 1. The monoisotopic (exact) mass is 241 g/mol. The molecule has 0 aliphatic carbocycles. The maximum Gasteiger partial charge on any atom is 0.134 e. The third-order valence-electron chi connectivity index (χ3n) is 2.54. The molecule has 0 aromatic heterocycles. The first-order valence-corrected chi connectivity index (χ1v) is 6.12. The summed E-state index contributed by atoms with van der Waals surface area (Å²) in [5, 5.41) is 13.1. The Hall–Kier alpha value is -0.890. The van der Waals surface area contributed by atoms with Gasteiger partial charge in [-0.15, -0.1) is 0 Å². The van der Waals surface area contributed by atoms with E-state index in [0.29, 0.717) is 11.1 Å². The summed E-state index contributed by atoms with van der Waals surface area (Å²) in [5.41, 5.74) is 0.957. The van der Waals surface area contributed by atoms with E-state index in [-0.39, 0.29) is 5.75 Å². The molecule has 16 heavy (non-hydrogen) atoms. The zero-order valence-electron chi connectivity index (χ0n) is 10.1. The van der Waals surface area contributed by atoms with Gasteiger partial charge in [0.25, 0.3) is 0 Å². The van der Waals surface area contributed by atoms with Crippen molar-refractivity contribution in [2.24, 2.45) is 5.92 Å². The first kappa shape index (κ1) is 13.2. The van der Waals surface area contributed by atoms with Crippen LogP contribution in [0.1, 0.15) is 33.6 Å². The van der Waals surface area contributed by atoms with Crippen molar-refractivity contribution in [1.82, 2.24) is 0 Å². The Labute approximate surface area is 103 Å². The molecule has 1 aromatic rings. The molecule has 1 unspecified atom stereocenters. The van der Waals surface area contributed by atoms with Crippen molar-refractivity contribution in [2.45, 2.75) is 39.7 Å². The average molecular weight is 242 g/mol. The molecule has 0 radical (unpaired) electrons. The van der Waals surface area contributed by atoms with E-state index in [2.05, 4.69) is 26.1 Å². The molecular weight excluding hydrogens is 222 g/mol. The van der Waals surface area contributed by atoms with Crippen LogP contribution in [-0.4, -0.2) is 11.1 Å². The third-order valence-corrected chi connectivity index (χ3v) is 2.84. The summed E-state index contributed by atoms with van der Waals surface area (Å²) < 4.78 is 0. The molecule has 0 aliphatic rings. The molecule has 3 heteroatoms. The normalized spacial score (nSPS) is 12.8. The zero-order chi connectivity index (χ0) is 12.1. The van der Waals surface area contributed by atoms with Gasteiger partial charge >= 0.3 is 0 Å². The quantitative estimate of drug-likeness (QED) is 0.754. The zero-order valence-corrected chi connectivity index (χ0v) is 10.9. The van der Waals surface area contributed by atoms with Gasteiger partial charge < -0.3 is 10.4 Å². The SMILES string of the molecule is CC(C)CCC(C)Nc1ccc(O)c(Cl)c1. The second-order valence-electron chi connectivity index (χ2n) is 4.68. The van der Waals surface area contributed by atoms with Crippen molar-refractivity contribution in [3.8, 4) is 5.75 Å². The Bertz CT molecular complexity index is 339. The van der Waals surface area contributed by atoms with Gasteiger partial charge in [0.2, 0.25) is 0 Å². The molecule has 1 aromatic carbocycles. The van der Waals surface area contributed by atoms with Gasteiger partial charge in [-0.1, -0.05) is 25.4 Å². The van der Waals surface area contributed by atoms with Crippen molar-refractivity contribution >= 4 is 17.3 Å². The van der Waals surface area contributed by atoms with E-state index in [9.17, 15) is 5.11 Å². The van der Waals surface area contributed by atoms with Crippen molar-refractivity contribution in [2.75, 3.05) is 5.32 Å².